The van der Waals surface area contributed by atoms with E-state index in [0.29, 0.717) is 6.42 Å². The molecule has 30 heavy (non-hydrogen) atoms. The van der Waals surface area contributed by atoms with E-state index in [9.17, 15) is 19.2 Å². The summed E-state index contributed by atoms with van der Waals surface area (Å²) in [5.41, 5.74) is 5.33. The lowest BCUT2D eigenvalue weighted by Gasteiger charge is -2.05. The van der Waals surface area contributed by atoms with Gasteiger partial charge in [-0.2, -0.15) is 0 Å². The zero-order chi connectivity index (χ0) is 22.6. The number of hydrogen-bond acceptors (Lipinski definition) is 5. The molecule has 7 nitrogen and oxygen atoms in total. The highest BCUT2D eigenvalue weighted by Gasteiger charge is 2.17. The maximum atomic E-state index is 11.7. The summed E-state index contributed by atoms with van der Waals surface area (Å²) < 4.78 is 0. The summed E-state index contributed by atoms with van der Waals surface area (Å²) in [5, 5.41) is 17.2. The second-order valence-electron chi connectivity index (χ2n) is 8.17. The van der Waals surface area contributed by atoms with Crippen molar-refractivity contribution in [3.8, 4) is 0 Å². The molecule has 0 heterocycles. The molecular weight excluding hydrogens is 386 g/mol. The van der Waals surface area contributed by atoms with Gasteiger partial charge in [0.15, 0.2) is 11.6 Å². The molecule has 0 aliphatic heterocycles. The van der Waals surface area contributed by atoms with Crippen LogP contribution in [0.1, 0.15) is 116 Å². The van der Waals surface area contributed by atoms with E-state index in [1.54, 1.807) is 0 Å². The van der Waals surface area contributed by atoms with Gasteiger partial charge in [0.05, 0.1) is 0 Å². The van der Waals surface area contributed by atoms with E-state index < -0.39 is 29.5 Å². The van der Waals surface area contributed by atoms with Crippen LogP contribution >= 0.6 is 0 Å². The number of carbonyl (C=O) groups is 4. The third kappa shape index (κ3) is 18.3. The average molecular weight is 428 g/mol. The van der Waals surface area contributed by atoms with Crippen LogP contribution in [0.2, 0.25) is 0 Å². The van der Waals surface area contributed by atoms with E-state index in [1.165, 1.54) is 44.9 Å². The van der Waals surface area contributed by atoms with Gasteiger partial charge in [-0.3, -0.25) is 19.2 Å². The first-order valence-electron chi connectivity index (χ1n) is 11.6. The summed E-state index contributed by atoms with van der Waals surface area (Å²) in [4.78, 5) is 44.4. The van der Waals surface area contributed by atoms with E-state index in [4.69, 9.17) is 15.9 Å². The molecule has 0 rings (SSSR count). The van der Waals surface area contributed by atoms with Crippen molar-refractivity contribution in [1.82, 2.24) is 0 Å². The van der Waals surface area contributed by atoms with Crippen molar-refractivity contribution >= 4 is 23.5 Å². The monoisotopic (exact) mass is 427 g/mol. The average Bonchev–Trinajstić information content (AvgIpc) is 2.70. The number of hydrogen-bond donors (Lipinski definition) is 3. The van der Waals surface area contributed by atoms with Gasteiger partial charge in [0, 0.05) is 19.3 Å². The van der Waals surface area contributed by atoms with E-state index in [-0.39, 0.29) is 25.7 Å². The maximum absolute atomic E-state index is 11.7. The van der Waals surface area contributed by atoms with Gasteiger partial charge in [-0.15, -0.1) is 0 Å². The molecule has 174 valence electrons. The lowest BCUT2D eigenvalue weighted by atomic mass is 10.0. The topological polar surface area (TPSA) is 135 Å². The fourth-order valence-corrected chi connectivity index (χ4v) is 3.37. The van der Waals surface area contributed by atoms with Crippen LogP contribution < -0.4 is 5.73 Å². The Morgan fingerprint density at radius 3 is 1.23 bits per heavy atom. The first-order valence-corrected chi connectivity index (χ1v) is 11.6. The van der Waals surface area contributed by atoms with Crippen LogP contribution in [-0.4, -0.2) is 39.8 Å². The predicted molar refractivity (Wildman–Crippen MR) is 116 cm³/mol. The van der Waals surface area contributed by atoms with Crippen LogP contribution in [0.4, 0.5) is 0 Å². The Morgan fingerprint density at radius 2 is 0.867 bits per heavy atom. The molecule has 0 saturated heterocycles. The van der Waals surface area contributed by atoms with Gasteiger partial charge >= 0.3 is 11.9 Å². The summed E-state index contributed by atoms with van der Waals surface area (Å²) in [6.07, 6.45) is 15.9. The molecule has 0 radical (unpaired) electrons. The first-order chi connectivity index (χ1) is 14.3. The molecule has 0 spiro atoms. The summed E-state index contributed by atoms with van der Waals surface area (Å²) in [6.45, 7) is 0. The van der Waals surface area contributed by atoms with Crippen LogP contribution in [0.15, 0.2) is 0 Å². The number of Topliss-reactive ketones (excluding diaryl/α,β-unsaturated/α-hetero) is 2. The van der Waals surface area contributed by atoms with Crippen molar-refractivity contribution in [2.24, 2.45) is 5.73 Å². The minimum Gasteiger partial charge on any atom is -0.481 e. The highest BCUT2D eigenvalue weighted by atomic mass is 16.4. The predicted octanol–water partition coefficient (Wildman–Crippen LogP) is 4.64. The first kappa shape index (κ1) is 28.2. The Hall–Kier alpha value is -1.76. The third-order valence-electron chi connectivity index (χ3n) is 5.36. The number of rotatable bonds is 22. The van der Waals surface area contributed by atoms with Crippen molar-refractivity contribution in [3.05, 3.63) is 0 Å². The molecule has 7 heteroatoms. The van der Waals surface area contributed by atoms with Gasteiger partial charge in [-0.25, -0.2) is 0 Å². The highest BCUT2D eigenvalue weighted by molar-refractivity contribution is 6.37. The van der Waals surface area contributed by atoms with Gasteiger partial charge in [0.2, 0.25) is 0 Å². The quantitative estimate of drug-likeness (QED) is 0.169. The molecular formula is C23H41NO6. The number of carboxylic acids is 2. The molecule has 4 N–H and O–H groups in total. The Bertz CT molecular complexity index is 506. The fourth-order valence-electron chi connectivity index (χ4n) is 3.37. The van der Waals surface area contributed by atoms with Crippen molar-refractivity contribution in [3.63, 3.8) is 0 Å². The van der Waals surface area contributed by atoms with Crippen molar-refractivity contribution in [1.29, 1.82) is 0 Å². The van der Waals surface area contributed by atoms with Crippen LogP contribution in [-0.2, 0) is 19.2 Å². The largest absolute Gasteiger partial charge is 0.481 e. The molecule has 0 amide bonds. The molecule has 0 unspecified atom stereocenters. The minimum atomic E-state index is -1.15. The number of carboxylic acid groups (broad SMARTS) is 2. The Morgan fingerprint density at radius 1 is 0.533 bits per heavy atom. The number of unbranched alkanes of at least 4 members (excludes halogenated alkanes) is 13. The molecule has 0 aromatic heterocycles. The third-order valence-corrected chi connectivity index (χ3v) is 5.36. The smallest absolute Gasteiger partial charge is 0.320 e. The van der Waals surface area contributed by atoms with Crippen molar-refractivity contribution < 1.29 is 29.4 Å². The molecule has 0 saturated carbocycles. The van der Waals surface area contributed by atoms with Crippen molar-refractivity contribution in [2.45, 2.75) is 122 Å². The molecule has 0 aliphatic rings. The standard InChI is InChI=1S/C23H41NO6/c24-19(23(29)30)17-18-21(26)20(25)15-13-11-9-7-5-3-1-2-4-6-8-10-12-14-16-22(27)28/h19H,1-18,24H2,(H,27,28)(H,29,30)/t19-/m0/s1. The molecule has 0 aliphatic carbocycles. The zero-order valence-electron chi connectivity index (χ0n) is 18.4. The summed E-state index contributed by atoms with van der Waals surface area (Å²) in [6, 6.07) is -1.09. The molecule has 0 fully saturated rings. The van der Waals surface area contributed by atoms with Gasteiger partial charge < -0.3 is 15.9 Å². The van der Waals surface area contributed by atoms with E-state index in [0.717, 1.165) is 38.5 Å². The normalized spacial score (nSPS) is 11.9. The van der Waals surface area contributed by atoms with E-state index in [1.807, 2.05) is 0 Å². The SMILES string of the molecule is N[C@@H](CCC(=O)C(=O)CCCCCCCCCCCCCCCCC(=O)O)C(=O)O. The molecule has 0 bridgehead atoms. The molecule has 1 atom stereocenters. The van der Waals surface area contributed by atoms with Gasteiger partial charge in [-0.1, -0.05) is 77.0 Å². The molecule has 0 aromatic carbocycles. The van der Waals surface area contributed by atoms with Gasteiger partial charge in [-0.05, 0) is 19.3 Å². The summed E-state index contributed by atoms with van der Waals surface area (Å²) in [5.74, 6) is -2.77. The lowest BCUT2D eigenvalue weighted by Crippen LogP contribution is -2.31. The summed E-state index contributed by atoms with van der Waals surface area (Å²) in [7, 11) is 0. The highest BCUT2D eigenvalue weighted by Crippen LogP contribution is 2.14. The fraction of sp³-hybridized carbons (Fsp3) is 0.826. The van der Waals surface area contributed by atoms with Crippen LogP contribution in [0.3, 0.4) is 0 Å². The van der Waals surface area contributed by atoms with Gasteiger partial charge in [0.25, 0.3) is 0 Å². The van der Waals surface area contributed by atoms with E-state index >= 15 is 0 Å². The second kappa shape index (κ2) is 19.2. The lowest BCUT2D eigenvalue weighted by molar-refractivity contribution is -0.140. The Kier molecular flexibility index (Phi) is 18.1. The van der Waals surface area contributed by atoms with Crippen LogP contribution in [0.25, 0.3) is 0 Å². The summed E-state index contributed by atoms with van der Waals surface area (Å²) >= 11 is 0. The van der Waals surface area contributed by atoms with Crippen molar-refractivity contribution in [2.75, 3.05) is 0 Å². The number of nitrogens with two attached hydrogens (primary N) is 1. The Balaban J connectivity index is 3.34. The molecule has 0 aromatic rings. The van der Waals surface area contributed by atoms with Crippen LogP contribution in [0, 0.1) is 0 Å². The second-order valence-corrected chi connectivity index (χ2v) is 8.17. The number of ketones is 2. The minimum absolute atomic E-state index is 0.00665. The van der Waals surface area contributed by atoms with E-state index in [2.05, 4.69) is 0 Å². The van der Waals surface area contributed by atoms with Gasteiger partial charge in [0.1, 0.15) is 6.04 Å². The number of aliphatic carboxylic acids is 2. The Labute approximate surface area is 180 Å². The zero-order valence-corrected chi connectivity index (χ0v) is 18.4. The number of carbonyl (C=O) groups excluding carboxylic acids is 2. The maximum Gasteiger partial charge on any atom is 0.320 e. The van der Waals surface area contributed by atoms with Crippen LogP contribution in [0.5, 0.6) is 0 Å².